The van der Waals surface area contributed by atoms with E-state index in [1.165, 1.54) is 0 Å². The van der Waals surface area contributed by atoms with Crippen molar-refractivity contribution < 1.29 is 19.1 Å². The summed E-state index contributed by atoms with van der Waals surface area (Å²) >= 11 is 6.14. The van der Waals surface area contributed by atoms with Crippen LogP contribution >= 0.6 is 11.6 Å². The van der Waals surface area contributed by atoms with Crippen molar-refractivity contribution >= 4 is 45.0 Å². The summed E-state index contributed by atoms with van der Waals surface area (Å²) in [4.78, 5) is 27.5. The highest BCUT2D eigenvalue weighted by Crippen LogP contribution is 2.30. The van der Waals surface area contributed by atoms with Gasteiger partial charge in [0.25, 0.3) is 0 Å². The van der Waals surface area contributed by atoms with E-state index in [0.29, 0.717) is 47.5 Å². The number of halogens is 1. The zero-order valence-electron chi connectivity index (χ0n) is 22.0. The number of rotatable bonds is 9. The molecule has 0 unspecified atom stereocenters. The molecule has 1 aliphatic rings. The molecule has 0 saturated carbocycles. The van der Waals surface area contributed by atoms with Gasteiger partial charge in [0.1, 0.15) is 11.5 Å². The minimum Gasteiger partial charge on any atom is -0.485 e. The van der Waals surface area contributed by atoms with Crippen molar-refractivity contribution in [3.8, 4) is 17.4 Å². The Balaban J connectivity index is 1.27. The molecule has 0 spiro atoms. The van der Waals surface area contributed by atoms with E-state index in [0.717, 1.165) is 40.2 Å². The van der Waals surface area contributed by atoms with Crippen LogP contribution in [0.2, 0.25) is 5.02 Å². The van der Waals surface area contributed by atoms with E-state index in [4.69, 9.17) is 21.1 Å². The van der Waals surface area contributed by atoms with Crippen molar-refractivity contribution in [3.05, 3.63) is 89.2 Å². The molecule has 1 saturated heterocycles. The number of ketones is 1. The predicted octanol–water partition coefficient (Wildman–Crippen LogP) is 6.22. The summed E-state index contributed by atoms with van der Waals surface area (Å²) in [6.07, 6.45) is 4.89. The second-order valence-electron chi connectivity index (χ2n) is 9.88. The number of carbonyl (C=O) groups is 2. The Morgan fingerprint density at radius 3 is 2.75 bits per heavy atom. The summed E-state index contributed by atoms with van der Waals surface area (Å²) in [5, 5.41) is 11.3. The van der Waals surface area contributed by atoms with Gasteiger partial charge in [-0.25, -0.2) is 0 Å². The van der Waals surface area contributed by atoms with Gasteiger partial charge in [0, 0.05) is 66.6 Å². The van der Waals surface area contributed by atoms with Crippen LogP contribution in [0.1, 0.15) is 28.8 Å². The fourth-order valence-electron chi connectivity index (χ4n) is 5.11. The quantitative estimate of drug-likeness (QED) is 0.201. The molecule has 3 aromatic carbocycles. The maximum Gasteiger partial charge on any atom is 0.238 e. The Morgan fingerprint density at radius 1 is 1.05 bits per heavy atom. The number of Topliss-reactive ketones (excluding diaryl/α,β-unsaturated/α-hetero) is 1. The first-order chi connectivity index (χ1) is 19.4. The smallest absolute Gasteiger partial charge is 0.238 e. The topological polar surface area (TPSA) is 86.5 Å². The van der Waals surface area contributed by atoms with Gasteiger partial charge in [0.15, 0.2) is 6.61 Å². The van der Waals surface area contributed by atoms with Gasteiger partial charge < -0.3 is 18.9 Å². The molecule has 5 aromatic rings. The van der Waals surface area contributed by atoms with Crippen LogP contribution in [-0.2, 0) is 11.3 Å². The maximum atomic E-state index is 13.5. The SMILES string of the molecule is Cc1cc2cc(Cl)ccc2cc1OCC(=O)c1cn(CCN2CCCC2=O)c2cc(Oc3cccnn3)ccc12. The molecule has 0 N–H and O–H groups in total. The van der Waals surface area contributed by atoms with Crippen LogP contribution in [0.25, 0.3) is 21.7 Å². The average Bonchev–Trinajstić information content (AvgIpc) is 3.53. The Morgan fingerprint density at radius 2 is 1.95 bits per heavy atom. The molecule has 9 heteroatoms. The van der Waals surface area contributed by atoms with Crippen molar-refractivity contribution in [2.75, 3.05) is 19.7 Å². The normalized spacial score (nSPS) is 13.3. The highest BCUT2D eigenvalue weighted by atomic mass is 35.5. The number of fused-ring (bicyclic) bond motifs is 2. The summed E-state index contributed by atoms with van der Waals surface area (Å²) in [5.41, 5.74) is 2.31. The van der Waals surface area contributed by atoms with Crippen LogP contribution in [0.4, 0.5) is 0 Å². The number of nitrogens with zero attached hydrogens (tertiary/aromatic N) is 4. The molecule has 40 heavy (non-hydrogen) atoms. The fourth-order valence-corrected chi connectivity index (χ4v) is 5.29. The second kappa shape index (κ2) is 11.0. The molecular weight excluding hydrogens is 528 g/mol. The Hall–Kier alpha value is -4.43. The van der Waals surface area contributed by atoms with E-state index in [1.807, 2.05) is 71.1 Å². The van der Waals surface area contributed by atoms with Crippen molar-refractivity contribution in [1.29, 1.82) is 0 Å². The van der Waals surface area contributed by atoms with Gasteiger partial charge in [-0.2, -0.15) is 5.10 Å². The van der Waals surface area contributed by atoms with Gasteiger partial charge in [-0.15, -0.1) is 5.10 Å². The fraction of sp³-hybridized carbons (Fsp3) is 0.226. The first-order valence-electron chi connectivity index (χ1n) is 13.2. The molecule has 2 aromatic heterocycles. The average molecular weight is 555 g/mol. The summed E-state index contributed by atoms with van der Waals surface area (Å²) in [7, 11) is 0. The molecule has 1 amide bonds. The van der Waals surface area contributed by atoms with Gasteiger partial charge in [-0.05, 0) is 72.1 Å². The zero-order valence-corrected chi connectivity index (χ0v) is 22.7. The summed E-state index contributed by atoms with van der Waals surface area (Å²) in [6.45, 7) is 3.72. The standard InChI is InChI=1S/C31H27ClN4O4/c1-20-14-22-15-23(32)7-6-21(22)16-29(20)39-19-28(37)26-18-36(13-12-35-11-3-5-31(35)38)27-17-24(8-9-25(26)27)40-30-4-2-10-33-34-30/h2,4,6-10,14-18H,3,5,11-13,19H2,1H3. The summed E-state index contributed by atoms with van der Waals surface area (Å²) in [6, 6.07) is 18.7. The zero-order chi connectivity index (χ0) is 27.6. The highest BCUT2D eigenvalue weighted by molar-refractivity contribution is 6.31. The number of likely N-dealkylation sites (tertiary alicyclic amines) is 1. The highest BCUT2D eigenvalue weighted by Gasteiger charge is 2.22. The molecule has 8 nitrogen and oxygen atoms in total. The van der Waals surface area contributed by atoms with Crippen LogP contribution in [0, 0.1) is 6.92 Å². The number of amides is 1. The molecule has 1 fully saturated rings. The van der Waals surface area contributed by atoms with Gasteiger partial charge in [-0.1, -0.05) is 17.7 Å². The Bertz CT molecular complexity index is 1730. The molecular formula is C31H27ClN4O4. The molecule has 0 radical (unpaired) electrons. The molecule has 0 bridgehead atoms. The molecule has 0 atom stereocenters. The number of hydrogen-bond donors (Lipinski definition) is 0. The van der Waals surface area contributed by atoms with Crippen molar-refractivity contribution in [1.82, 2.24) is 19.7 Å². The first-order valence-corrected chi connectivity index (χ1v) is 13.5. The number of aryl methyl sites for hydroxylation is 1. The number of aromatic nitrogens is 3. The second-order valence-corrected chi connectivity index (χ2v) is 10.3. The van der Waals surface area contributed by atoms with Gasteiger partial charge >= 0.3 is 0 Å². The monoisotopic (exact) mass is 554 g/mol. The third-order valence-electron chi connectivity index (χ3n) is 7.16. The van der Waals surface area contributed by atoms with Gasteiger partial charge in [0.05, 0.1) is 5.52 Å². The van der Waals surface area contributed by atoms with Crippen LogP contribution in [0.3, 0.4) is 0 Å². The van der Waals surface area contributed by atoms with Gasteiger partial charge in [-0.3, -0.25) is 9.59 Å². The number of carbonyl (C=O) groups excluding carboxylic acids is 2. The van der Waals surface area contributed by atoms with Crippen molar-refractivity contribution in [2.24, 2.45) is 0 Å². The molecule has 3 heterocycles. The third kappa shape index (κ3) is 5.35. The minimum atomic E-state index is -0.140. The predicted molar refractivity (Wildman–Crippen MR) is 153 cm³/mol. The molecule has 0 aliphatic carbocycles. The van der Waals surface area contributed by atoms with E-state index in [2.05, 4.69) is 10.2 Å². The maximum absolute atomic E-state index is 13.5. The van der Waals surface area contributed by atoms with E-state index in [-0.39, 0.29) is 18.3 Å². The first kappa shape index (κ1) is 25.8. The lowest BCUT2D eigenvalue weighted by Gasteiger charge is -2.16. The molecule has 202 valence electrons. The van der Waals surface area contributed by atoms with E-state index in [1.54, 1.807) is 18.3 Å². The van der Waals surface area contributed by atoms with Crippen molar-refractivity contribution in [2.45, 2.75) is 26.3 Å². The summed E-state index contributed by atoms with van der Waals surface area (Å²) in [5.74, 6) is 1.63. The van der Waals surface area contributed by atoms with Crippen LogP contribution in [-0.4, -0.2) is 51.1 Å². The minimum absolute atomic E-state index is 0.110. The van der Waals surface area contributed by atoms with E-state index >= 15 is 0 Å². The lowest BCUT2D eigenvalue weighted by Crippen LogP contribution is -2.28. The molecule has 1 aliphatic heterocycles. The van der Waals surface area contributed by atoms with Gasteiger partial charge in [0.2, 0.25) is 17.6 Å². The van der Waals surface area contributed by atoms with E-state index < -0.39 is 0 Å². The largest absolute Gasteiger partial charge is 0.485 e. The summed E-state index contributed by atoms with van der Waals surface area (Å²) < 4.78 is 13.9. The number of hydrogen-bond acceptors (Lipinski definition) is 6. The van der Waals surface area contributed by atoms with Crippen molar-refractivity contribution in [3.63, 3.8) is 0 Å². The van der Waals surface area contributed by atoms with E-state index in [9.17, 15) is 9.59 Å². The number of benzene rings is 3. The van der Waals surface area contributed by atoms with Crippen LogP contribution in [0.5, 0.6) is 17.4 Å². The number of ether oxygens (including phenoxy) is 2. The lowest BCUT2D eigenvalue weighted by atomic mass is 10.1. The third-order valence-corrected chi connectivity index (χ3v) is 7.40. The Labute approximate surface area is 236 Å². The van der Waals surface area contributed by atoms with Crippen LogP contribution in [0.15, 0.2) is 73.1 Å². The van der Waals surface area contributed by atoms with Crippen LogP contribution < -0.4 is 9.47 Å². The molecule has 6 rings (SSSR count). The Kier molecular flexibility index (Phi) is 7.09. The lowest BCUT2D eigenvalue weighted by molar-refractivity contribution is -0.127.